The number of carbonyl (C=O) groups is 2. The molecular weight excluding hydrogens is 344 g/mol. The standard InChI is InChI=1S/C17H17ClN4O3/c1-20-17(24)12-3-2-4-14(9-12)21-15(23)10-25-22-16(19)11-5-7-13(18)8-6-11/h2-9H,10H2,1H3,(H2,19,22)(H,20,24)(H,21,23). The predicted molar refractivity (Wildman–Crippen MR) is 96.6 cm³/mol. The van der Waals surface area contributed by atoms with E-state index in [2.05, 4.69) is 15.8 Å². The Balaban J connectivity index is 1.89. The predicted octanol–water partition coefficient (Wildman–Crippen LogP) is 1.98. The van der Waals surface area contributed by atoms with Gasteiger partial charge in [0.25, 0.3) is 11.8 Å². The van der Waals surface area contributed by atoms with Gasteiger partial charge in [-0.3, -0.25) is 9.59 Å². The third-order valence-electron chi connectivity index (χ3n) is 3.13. The fraction of sp³-hybridized carbons (Fsp3) is 0.118. The smallest absolute Gasteiger partial charge is 0.265 e. The van der Waals surface area contributed by atoms with Crippen molar-refractivity contribution in [1.29, 1.82) is 0 Å². The molecule has 0 bridgehead atoms. The van der Waals surface area contributed by atoms with E-state index in [1.54, 1.807) is 48.5 Å². The van der Waals surface area contributed by atoms with Crippen LogP contribution in [0.25, 0.3) is 0 Å². The van der Waals surface area contributed by atoms with E-state index in [1.807, 2.05) is 0 Å². The molecule has 7 nitrogen and oxygen atoms in total. The summed E-state index contributed by atoms with van der Waals surface area (Å²) in [6.45, 7) is -0.321. The van der Waals surface area contributed by atoms with E-state index < -0.39 is 5.91 Å². The molecular formula is C17H17ClN4O3. The molecule has 2 amide bonds. The van der Waals surface area contributed by atoms with Crippen LogP contribution in [0.2, 0.25) is 5.02 Å². The van der Waals surface area contributed by atoms with Gasteiger partial charge in [-0.2, -0.15) is 0 Å². The Hall–Kier alpha value is -3.06. The molecule has 0 unspecified atom stereocenters. The van der Waals surface area contributed by atoms with Gasteiger partial charge < -0.3 is 21.2 Å². The van der Waals surface area contributed by atoms with Gasteiger partial charge in [0.15, 0.2) is 12.4 Å². The van der Waals surface area contributed by atoms with Crippen molar-refractivity contribution in [3.63, 3.8) is 0 Å². The molecule has 0 fully saturated rings. The van der Waals surface area contributed by atoms with Crippen molar-refractivity contribution in [2.75, 3.05) is 19.0 Å². The van der Waals surface area contributed by atoms with Crippen molar-refractivity contribution in [1.82, 2.24) is 5.32 Å². The van der Waals surface area contributed by atoms with Gasteiger partial charge in [-0.1, -0.05) is 22.8 Å². The van der Waals surface area contributed by atoms with Crippen LogP contribution in [-0.4, -0.2) is 31.3 Å². The van der Waals surface area contributed by atoms with Gasteiger partial charge in [-0.05, 0) is 42.5 Å². The van der Waals surface area contributed by atoms with Crippen molar-refractivity contribution in [2.45, 2.75) is 0 Å². The van der Waals surface area contributed by atoms with Gasteiger partial charge >= 0.3 is 0 Å². The van der Waals surface area contributed by atoms with E-state index in [9.17, 15) is 9.59 Å². The van der Waals surface area contributed by atoms with Crippen LogP contribution in [0.3, 0.4) is 0 Å². The molecule has 130 valence electrons. The number of benzene rings is 2. The van der Waals surface area contributed by atoms with E-state index in [-0.39, 0.29) is 18.3 Å². The van der Waals surface area contributed by atoms with Crippen LogP contribution in [0.15, 0.2) is 53.7 Å². The molecule has 2 rings (SSSR count). The Bertz CT molecular complexity index is 791. The Morgan fingerprint density at radius 1 is 1.16 bits per heavy atom. The maximum Gasteiger partial charge on any atom is 0.265 e. The fourth-order valence-electron chi connectivity index (χ4n) is 1.91. The summed E-state index contributed by atoms with van der Waals surface area (Å²) in [4.78, 5) is 28.4. The lowest BCUT2D eigenvalue weighted by atomic mass is 10.2. The van der Waals surface area contributed by atoms with E-state index in [0.29, 0.717) is 21.8 Å². The van der Waals surface area contributed by atoms with Gasteiger partial charge in [0, 0.05) is 28.9 Å². The number of oxime groups is 1. The van der Waals surface area contributed by atoms with E-state index in [0.717, 1.165) is 0 Å². The number of amidine groups is 1. The minimum atomic E-state index is -0.429. The minimum Gasteiger partial charge on any atom is -0.384 e. The minimum absolute atomic E-state index is 0.131. The van der Waals surface area contributed by atoms with Crippen molar-refractivity contribution in [2.24, 2.45) is 10.9 Å². The molecule has 0 aromatic heterocycles. The van der Waals surface area contributed by atoms with E-state index >= 15 is 0 Å². The number of halogens is 1. The quantitative estimate of drug-likeness (QED) is 0.416. The highest BCUT2D eigenvalue weighted by molar-refractivity contribution is 6.30. The van der Waals surface area contributed by atoms with Crippen LogP contribution in [0, 0.1) is 0 Å². The number of hydrogen-bond acceptors (Lipinski definition) is 4. The normalized spacial score (nSPS) is 10.9. The SMILES string of the molecule is CNC(=O)c1cccc(NC(=O)CON=C(N)c2ccc(Cl)cc2)c1. The Morgan fingerprint density at radius 2 is 1.88 bits per heavy atom. The van der Waals surface area contributed by atoms with Crippen molar-refractivity contribution < 1.29 is 14.4 Å². The third kappa shape index (κ3) is 5.50. The molecule has 0 heterocycles. The van der Waals surface area contributed by atoms with Gasteiger partial charge in [0.05, 0.1) is 0 Å². The van der Waals surface area contributed by atoms with Crippen LogP contribution in [0.5, 0.6) is 0 Å². The largest absolute Gasteiger partial charge is 0.384 e. The van der Waals surface area contributed by atoms with Crippen molar-refractivity contribution in [3.05, 3.63) is 64.7 Å². The first-order valence-corrected chi connectivity index (χ1v) is 7.71. The number of nitrogens with zero attached hydrogens (tertiary/aromatic N) is 1. The molecule has 4 N–H and O–H groups in total. The van der Waals surface area contributed by atoms with Gasteiger partial charge in [-0.15, -0.1) is 0 Å². The molecule has 8 heteroatoms. The number of nitrogens with two attached hydrogens (primary N) is 1. The molecule has 0 radical (unpaired) electrons. The average Bonchev–Trinajstić information content (AvgIpc) is 2.61. The molecule has 0 saturated carbocycles. The first-order chi connectivity index (χ1) is 12.0. The van der Waals surface area contributed by atoms with Crippen LogP contribution < -0.4 is 16.4 Å². The second-order valence-corrected chi connectivity index (χ2v) is 5.40. The van der Waals surface area contributed by atoms with Crippen LogP contribution >= 0.6 is 11.6 Å². The summed E-state index contributed by atoms with van der Waals surface area (Å²) < 4.78 is 0. The Morgan fingerprint density at radius 3 is 2.56 bits per heavy atom. The Kier molecular flexibility index (Phi) is 6.36. The molecule has 0 aliphatic rings. The Labute approximate surface area is 149 Å². The van der Waals surface area contributed by atoms with Crippen LogP contribution in [0.1, 0.15) is 15.9 Å². The summed E-state index contributed by atoms with van der Waals surface area (Å²) >= 11 is 5.79. The van der Waals surface area contributed by atoms with E-state index in [1.165, 1.54) is 7.05 Å². The highest BCUT2D eigenvalue weighted by atomic mass is 35.5. The van der Waals surface area contributed by atoms with Gasteiger partial charge in [0.1, 0.15) is 0 Å². The van der Waals surface area contributed by atoms with Gasteiger partial charge in [0.2, 0.25) is 0 Å². The highest BCUT2D eigenvalue weighted by Crippen LogP contribution is 2.11. The van der Waals surface area contributed by atoms with E-state index in [4.69, 9.17) is 22.2 Å². The summed E-state index contributed by atoms with van der Waals surface area (Å²) in [5.41, 5.74) is 7.30. The fourth-order valence-corrected chi connectivity index (χ4v) is 2.04. The second kappa shape index (κ2) is 8.70. The summed E-state index contributed by atoms with van der Waals surface area (Å²) in [5.74, 6) is -0.541. The zero-order valence-electron chi connectivity index (χ0n) is 13.5. The summed E-state index contributed by atoms with van der Waals surface area (Å²) in [5, 5.41) is 9.39. The lowest BCUT2D eigenvalue weighted by Crippen LogP contribution is -2.20. The molecule has 0 aliphatic carbocycles. The summed E-state index contributed by atoms with van der Waals surface area (Å²) in [7, 11) is 1.53. The maximum atomic E-state index is 11.9. The first kappa shape index (κ1) is 18.3. The number of amides is 2. The van der Waals surface area contributed by atoms with Crippen LogP contribution in [-0.2, 0) is 9.63 Å². The number of rotatable bonds is 6. The molecule has 2 aromatic rings. The maximum absolute atomic E-state index is 11.9. The highest BCUT2D eigenvalue weighted by Gasteiger charge is 2.07. The topological polar surface area (TPSA) is 106 Å². The molecule has 0 saturated heterocycles. The van der Waals surface area contributed by atoms with Crippen molar-refractivity contribution >= 4 is 34.9 Å². The summed E-state index contributed by atoms with van der Waals surface area (Å²) in [6.07, 6.45) is 0. The van der Waals surface area contributed by atoms with Gasteiger partial charge in [-0.25, -0.2) is 0 Å². The first-order valence-electron chi connectivity index (χ1n) is 7.33. The lowest BCUT2D eigenvalue weighted by Gasteiger charge is -2.07. The lowest BCUT2D eigenvalue weighted by molar-refractivity contribution is -0.120. The molecule has 0 aliphatic heterocycles. The second-order valence-electron chi connectivity index (χ2n) is 4.96. The molecule has 25 heavy (non-hydrogen) atoms. The molecule has 0 atom stereocenters. The van der Waals surface area contributed by atoms with Crippen LogP contribution in [0.4, 0.5) is 5.69 Å². The monoisotopic (exact) mass is 360 g/mol. The molecule has 0 spiro atoms. The van der Waals surface area contributed by atoms with Crippen molar-refractivity contribution in [3.8, 4) is 0 Å². The number of carbonyl (C=O) groups excluding carboxylic acids is 2. The number of anilines is 1. The average molecular weight is 361 g/mol. The third-order valence-corrected chi connectivity index (χ3v) is 3.39. The number of nitrogens with one attached hydrogen (secondary N) is 2. The summed E-state index contributed by atoms with van der Waals surface area (Å²) in [6, 6.07) is 13.2. The zero-order valence-corrected chi connectivity index (χ0v) is 14.2. The molecule has 2 aromatic carbocycles. The number of hydrogen-bond donors (Lipinski definition) is 3. The zero-order chi connectivity index (χ0) is 18.2.